The van der Waals surface area contributed by atoms with Gasteiger partial charge in [-0.05, 0) is 12.5 Å². The molecule has 0 saturated heterocycles. The molecule has 0 amide bonds. The lowest BCUT2D eigenvalue weighted by Gasteiger charge is -2.17. The third kappa shape index (κ3) is 2.88. The van der Waals surface area contributed by atoms with E-state index in [2.05, 4.69) is 11.2 Å². The first kappa shape index (κ1) is 10.8. The maximum Gasteiger partial charge on any atom is 0.0925 e. The Bertz CT molecular complexity index is 302. The molecule has 1 rings (SSSR count). The van der Waals surface area contributed by atoms with Gasteiger partial charge in [0.05, 0.1) is 12.6 Å². The summed E-state index contributed by atoms with van der Waals surface area (Å²) in [6, 6.07) is 9.88. The highest BCUT2D eigenvalue weighted by Crippen LogP contribution is 2.11. The van der Waals surface area contributed by atoms with Crippen LogP contribution in [0.15, 0.2) is 30.3 Å². The molecule has 0 heterocycles. The van der Waals surface area contributed by atoms with E-state index in [1.165, 1.54) is 5.56 Å². The van der Waals surface area contributed by atoms with Gasteiger partial charge in [-0.2, -0.15) is 0 Å². The summed E-state index contributed by atoms with van der Waals surface area (Å²) < 4.78 is 0. The van der Waals surface area contributed by atoms with E-state index < -0.39 is 0 Å². The molecule has 0 aliphatic heterocycles. The van der Waals surface area contributed by atoms with E-state index in [1.54, 1.807) is 0 Å². The van der Waals surface area contributed by atoms with Gasteiger partial charge in [-0.25, -0.2) is 0 Å². The van der Waals surface area contributed by atoms with E-state index >= 15 is 0 Å². The van der Waals surface area contributed by atoms with Gasteiger partial charge in [-0.1, -0.05) is 36.3 Å². The molecule has 2 nitrogen and oxygen atoms in total. The van der Waals surface area contributed by atoms with Crippen molar-refractivity contribution < 1.29 is 5.11 Å². The molecule has 2 N–H and O–H groups in total. The predicted molar refractivity (Wildman–Crippen MR) is 57.7 cm³/mol. The van der Waals surface area contributed by atoms with Crippen LogP contribution in [0, 0.1) is 12.3 Å². The lowest BCUT2D eigenvalue weighted by Crippen LogP contribution is -2.33. The van der Waals surface area contributed by atoms with Crippen LogP contribution in [0.2, 0.25) is 0 Å². The van der Waals surface area contributed by atoms with Crippen LogP contribution < -0.4 is 5.32 Å². The van der Waals surface area contributed by atoms with Crippen molar-refractivity contribution in [2.24, 2.45) is 0 Å². The predicted octanol–water partition coefficient (Wildman–Crippen LogP) is 1.33. The monoisotopic (exact) mass is 189 g/mol. The second-order valence-electron chi connectivity index (χ2n) is 3.20. The van der Waals surface area contributed by atoms with Gasteiger partial charge >= 0.3 is 0 Å². The molecule has 0 radical (unpaired) electrons. The summed E-state index contributed by atoms with van der Waals surface area (Å²) in [6.07, 6.45) is 5.24. The van der Waals surface area contributed by atoms with Crippen molar-refractivity contribution in [1.82, 2.24) is 5.32 Å². The fourth-order valence-electron chi connectivity index (χ4n) is 1.29. The number of nitrogens with one attached hydrogen (secondary N) is 1. The molecule has 0 spiro atoms. The number of terminal acetylenes is 1. The Labute approximate surface area is 85.0 Å². The van der Waals surface area contributed by atoms with Crippen LogP contribution in [0.4, 0.5) is 0 Å². The summed E-state index contributed by atoms with van der Waals surface area (Å²) in [5.74, 6) is 2.49. The third-order valence-electron chi connectivity index (χ3n) is 2.13. The van der Waals surface area contributed by atoms with Crippen molar-refractivity contribution in [3.8, 4) is 12.3 Å². The Kier molecular flexibility index (Phi) is 4.18. The number of hydrogen-bond acceptors (Lipinski definition) is 2. The molecule has 0 aromatic heterocycles. The molecule has 1 aromatic rings. The van der Waals surface area contributed by atoms with E-state index in [0.29, 0.717) is 0 Å². The fraction of sp³-hybridized carbons (Fsp3) is 0.333. The lowest BCUT2D eigenvalue weighted by atomic mass is 10.1. The van der Waals surface area contributed by atoms with Crippen molar-refractivity contribution in [2.45, 2.75) is 19.0 Å². The quantitative estimate of drug-likeness (QED) is 0.700. The van der Waals surface area contributed by atoms with E-state index in [-0.39, 0.29) is 18.7 Å². The number of aliphatic hydroxyl groups excluding tert-OH is 1. The molecule has 2 atom stereocenters. The van der Waals surface area contributed by atoms with Crippen molar-refractivity contribution >= 4 is 0 Å². The average Bonchev–Trinajstić information content (AvgIpc) is 2.26. The van der Waals surface area contributed by atoms with Crippen molar-refractivity contribution in [3.63, 3.8) is 0 Å². The van der Waals surface area contributed by atoms with Crippen molar-refractivity contribution in [3.05, 3.63) is 35.9 Å². The van der Waals surface area contributed by atoms with Gasteiger partial charge in [0.15, 0.2) is 0 Å². The summed E-state index contributed by atoms with van der Waals surface area (Å²) in [4.78, 5) is 0. The molecule has 14 heavy (non-hydrogen) atoms. The third-order valence-corrected chi connectivity index (χ3v) is 2.13. The Morgan fingerprint density at radius 1 is 1.43 bits per heavy atom. The Balaban J connectivity index is 2.59. The van der Waals surface area contributed by atoms with E-state index in [4.69, 9.17) is 11.5 Å². The average molecular weight is 189 g/mol. The van der Waals surface area contributed by atoms with Gasteiger partial charge in [0.25, 0.3) is 0 Å². The fourth-order valence-corrected chi connectivity index (χ4v) is 1.29. The van der Waals surface area contributed by atoms with Gasteiger partial charge in [0, 0.05) is 6.04 Å². The molecule has 2 heteroatoms. The molecule has 74 valence electrons. The largest absolute Gasteiger partial charge is 0.394 e. The molecule has 0 unspecified atom stereocenters. The highest BCUT2D eigenvalue weighted by molar-refractivity contribution is 5.19. The standard InChI is InChI=1S/C12H15NO/c1-3-12(9-14)13-10(2)11-7-5-4-6-8-11/h1,4-8,10,12-14H,9H2,2H3/t10-,12-/m0/s1. The summed E-state index contributed by atoms with van der Waals surface area (Å²) >= 11 is 0. The first-order valence-corrected chi connectivity index (χ1v) is 4.66. The maximum atomic E-state index is 8.92. The lowest BCUT2D eigenvalue weighted by molar-refractivity contribution is 0.260. The SMILES string of the molecule is C#C[C@@H](CO)N[C@@H](C)c1ccccc1. The summed E-state index contributed by atoms with van der Waals surface area (Å²) in [6.45, 7) is 1.99. The number of benzene rings is 1. The maximum absolute atomic E-state index is 8.92. The van der Waals surface area contributed by atoms with Gasteiger partial charge < -0.3 is 5.11 Å². The Morgan fingerprint density at radius 2 is 2.07 bits per heavy atom. The van der Waals surface area contributed by atoms with Gasteiger partial charge in [-0.3, -0.25) is 5.32 Å². The summed E-state index contributed by atoms with van der Waals surface area (Å²) in [5.41, 5.74) is 1.17. The highest BCUT2D eigenvalue weighted by Gasteiger charge is 2.09. The van der Waals surface area contributed by atoms with E-state index in [1.807, 2.05) is 37.3 Å². The first-order valence-electron chi connectivity index (χ1n) is 4.66. The Hall–Kier alpha value is -1.30. The highest BCUT2D eigenvalue weighted by atomic mass is 16.3. The van der Waals surface area contributed by atoms with Crippen LogP contribution in [0.25, 0.3) is 0 Å². The van der Waals surface area contributed by atoms with Gasteiger partial charge in [0.1, 0.15) is 0 Å². The van der Waals surface area contributed by atoms with Crippen LogP contribution in [0.1, 0.15) is 18.5 Å². The molecule has 1 aromatic carbocycles. The molecule has 0 aliphatic carbocycles. The summed E-state index contributed by atoms with van der Waals surface area (Å²) in [5, 5.41) is 12.1. The Morgan fingerprint density at radius 3 is 2.57 bits per heavy atom. The molecule has 0 bridgehead atoms. The van der Waals surface area contributed by atoms with Crippen LogP contribution in [-0.4, -0.2) is 17.8 Å². The molecule has 0 aliphatic rings. The zero-order valence-electron chi connectivity index (χ0n) is 8.27. The van der Waals surface area contributed by atoms with Gasteiger partial charge in [0.2, 0.25) is 0 Å². The van der Waals surface area contributed by atoms with Crippen molar-refractivity contribution in [1.29, 1.82) is 0 Å². The normalized spacial score (nSPS) is 14.4. The number of rotatable bonds is 4. The first-order chi connectivity index (χ1) is 6.77. The van der Waals surface area contributed by atoms with Crippen LogP contribution in [0.3, 0.4) is 0 Å². The van der Waals surface area contributed by atoms with Crippen LogP contribution >= 0.6 is 0 Å². The number of aliphatic hydroxyl groups is 1. The van der Waals surface area contributed by atoms with Crippen LogP contribution in [0.5, 0.6) is 0 Å². The minimum Gasteiger partial charge on any atom is -0.394 e. The second kappa shape index (κ2) is 5.43. The van der Waals surface area contributed by atoms with E-state index in [9.17, 15) is 0 Å². The smallest absolute Gasteiger partial charge is 0.0925 e. The van der Waals surface area contributed by atoms with E-state index in [0.717, 1.165) is 0 Å². The van der Waals surface area contributed by atoms with Crippen molar-refractivity contribution in [2.75, 3.05) is 6.61 Å². The van der Waals surface area contributed by atoms with Crippen LogP contribution in [-0.2, 0) is 0 Å². The minimum atomic E-state index is -0.273. The summed E-state index contributed by atoms with van der Waals surface area (Å²) in [7, 11) is 0. The molecule has 0 saturated carbocycles. The second-order valence-corrected chi connectivity index (χ2v) is 3.20. The minimum absolute atomic E-state index is 0.0341. The van der Waals surface area contributed by atoms with Gasteiger partial charge in [-0.15, -0.1) is 6.42 Å². The molecular weight excluding hydrogens is 174 g/mol. The molecule has 0 fully saturated rings. The number of hydrogen-bond donors (Lipinski definition) is 2. The zero-order chi connectivity index (χ0) is 10.4. The topological polar surface area (TPSA) is 32.3 Å². The molecular formula is C12H15NO. The zero-order valence-corrected chi connectivity index (χ0v) is 8.27.